The highest BCUT2D eigenvalue weighted by Gasteiger charge is 2.29. The largest absolute Gasteiger partial charge is 0.441 e. The van der Waals surface area contributed by atoms with Crippen LogP contribution in [0.3, 0.4) is 0 Å². The minimum absolute atomic E-state index is 0.151. The molecule has 0 N–H and O–H groups in total. The lowest BCUT2D eigenvalue weighted by atomic mass is 9.90. The molecule has 6 heteroatoms. The number of aliphatic imine (C=N–C) groups is 1. The van der Waals surface area contributed by atoms with Crippen LogP contribution in [0.4, 0.5) is 5.88 Å². The molecule has 0 saturated carbocycles. The zero-order valence-electron chi connectivity index (χ0n) is 17.8. The summed E-state index contributed by atoms with van der Waals surface area (Å²) in [6.45, 7) is 4.02. The van der Waals surface area contributed by atoms with Crippen LogP contribution in [-0.4, -0.2) is 42.2 Å². The van der Waals surface area contributed by atoms with Crippen LogP contribution in [0, 0.1) is 5.92 Å². The van der Waals surface area contributed by atoms with E-state index >= 15 is 0 Å². The number of thioether (sulfide) groups is 1. The fourth-order valence-corrected chi connectivity index (χ4v) is 5.59. The number of rotatable bonds is 4. The highest BCUT2D eigenvalue weighted by molar-refractivity contribution is 8.18. The molecule has 5 rings (SSSR count). The fourth-order valence-electron chi connectivity index (χ4n) is 4.64. The molecule has 5 nitrogen and oxygen atoms in total. The molecule has 1 amide bonds. The highest BCUT2D eigenvalue weighted by atomic mass is 32.2. The van der Waals surface area contributed by atoms with Gasteiger partial charge in [-0.3, -0.25) is 4.79 Å². The van der Waals surface area contributed by atoms with Crippen molar-refractivity contribution in [3.63, 3.8) is 0 Å². The smallest absolute Gasteiger partial charge is 0.286 e. The van der Waals surface area contributed by atoms with Crippen LogP contribution >= 0.6 is 11.8 Å². The first-order valence-corrected chi connectivity index (χ1v) is 12.2. The summed E-state index contributed by atoms with van der Waals surface area (Å²) in [4.78, 5) is 22.0. The Hall–Kier alpha value is -2.47. The number of benzene rings is 1. The number of piperidine rings is 2. The molecule has 2 fully saturated rings. The monoisotopic (exact) mass is 435 g/mol. The van der Waals surface area contributed by atoms with Crippen LogP contribution in [0.1, 0.15) is 43.4 Å². The van der Waals surface area contributed by atoms with Crippen molar-refractivity contribution < 1.29 is 9.21 Å². The first-order chi connectivity index (χ1) is 15.2. The molecule has 1 aromatic carbocycles. The van der Waals surface area contributed by atoms with E-state index in [0.29, 0.717) is 10.8 Å². The molecule has 0 aliphatic carbocycles. The van der Waals surface area contributed by atoms with Gasteiger partial charge >= 0.3 is 0 Å². The maximum Gasteiger partial charge on any atom is 0.286 e. The van der Waals surface area contributed by atoms with Crippen molar-refractivity contribution in [3.05, 3.63) is 58.7 Å². The second kappa shape index (κ2) is 9.35. The Morgan fingerprint density at radius 2 is 1.74 bits per heavy atom. The number of amides is 1. The van der Waals surface area contributed by atoms with Crippen LogP contribution in [0.25, 0.3) is 6.08 Å². The van der Waals surface area contributed by atoms with E-state index in [2.05, 4.69) is 45.1 Å². The third kappa shape index (κ3) is 4.90. The van der Waals surface area contributed by atoms with E-state index in [9.17, 15) is 4.79 Å². The van der Waals surface area contributed by atoms with Crippen LogP contribution < -0.4 is 4.90 Å². The van der Waals surface area contributed by atoms with E-state index in [4.69, 9.17) is 4.42 Å². The van der Waals surface area contributed by atoms with Gasteiger partial charge in [-0.25, -0.2) is 0 Å². The summed E-state index contributed by atoms with van der Waals surface area (Å²) in [6, 6.07) is 14.7. The molecule has 4 heterocycles. The molecule has 0 atom stereocenters. The number of hydrogen-bond donors (Lipinski definition) is 0. The standard InChI is InChI=1S/C25H29N3O2S/c29-24-22(18-21-9-10-23(30-21)27-13-5-2-6-14-27)31-25(26-24)28-15-11-20(12-16-28)17-19-7-3-1-4-8-19/h1,3-4,7-10,18,20H,2,5-6,11-17H2/b22-18-. The van der Waals surface area contributed by atoms with Crippen LogP contribution in [0.15, 0.2) is 56.8 Å². The van der Waals surface area contributed by atoms with Gasteiger partial charge in [0.1, 0.15) is 5.76 Å². The lowest BCUT2D eigenvalue weighted by Crippen LogP contribution is -2.37. The summed E-state index contributed by atoms with van der Waals surface area (Å²) in [5, 5.41) is 0.845. The molecule has 3 aliphatic rings. The van der Waals surface area contributed by atoms with E-state index in [0.717, 1.165) is 62.3 Å². The van der Waals surface area contributed by atoms with E-state index in [1.807, 2.05) is 18.2 Å². The molecule has 2 saturated heterocycles. The minimum atomic E-state index is -0.151. The molecule has 0 spiro atoms. The number of anilines is 1. The maximum atomic E-state index is 12.5. The van der Waals surface area contributed by atoms with Crippen molar-refractivity contribution in [3.8, 4) is 0 Å². The average Bonchev–Trinajstić information content (AvgIpc) is 3.43. The maximum absolute atomic E-state index is 12.5. The molecule has 31 heavy (non-hydrogen) atoms. The van der Waals surface area contributed by atoms with E-state index in [1.165, 1.54) is 36.6 Å². The number of furan rings is 1. The third-order valence-electron chi connectivity index (χ3n) is 6.42. The van der Waals surface area contributed by atoms with Gasteiger partial charge in [0.15, 0.2) is 11.1 Å². The number of carbonyl (C=O) groups is 1. The molecular weight excluding hydrogens is 406 g/mol. The minimum Gasteiger partial charge on any atom is -0.441 e. The highest BCUT2D eigenvalue weighted by Crippen LogP contribution is 2.33. The quantitative estimate of drug-likeness (QED) is 0.618. The molecule has 3 aliphatic heterocycles. The summed E-state index contributed by atoms with van der Waals surface area (Å²) in [7, 11) is 0. The summed E-state index contributed by atoms with van der Waals surface area (Å²) in [6.07, 6.45) is 8.98. The van der Waals surface area contributed by atoms with Gasteiger partial charge < -0.3 is 14.2 Å². The van der Waals surface area contributed by atoms with Gasteiger partial charge in [0.25, 0.3) is 5.91 Å². The normalized spacial score (nSPS) is 21.7. The average molecular weight is 436 g/mol. The van der Waals surface area contributed by atoms with Gasteiger partial charge in [-0.1, -0.05) is 30.3 Å². The Kier molecular flexibility index (Phi) is 6.16. The first-order valence-electron chi connectivity index (χ1n) is 11.4. The van der Waals surface area contributed by atoms with Crippen LogP contribution in [-0.2, 0) is 11.2 Å². The Morgan fingerprint density at radius 1 is 0.968 bits per heavy atom. The van der Waals surface area contributed by atoms with Crippen molar-refractivity contribution in [2.45, 2.75) is 38.5 Å². The molecule has 1 aromatic heterocycles. The Morgan fingerprint density at radius 3 is 2.52 bits per heavy atom. The first kappa shape index (κ1) is 20.4. The summed E-state index contributed by atoms with van der Waals surface area (Å²) in [5.41, 5.74) is 1.41. The number of nitrogens with zero attached hydrogens (tertiary/aromatic N) is 3. The van der Waals surface area contributed by atoms with Gasteiger partial charge in [-0.15, -0.1) is 0 Å². The van der Waals surface area contributed by atoms with Crippen molar-refractivity contribution >= 4 is 34.8 Å². The number of hydrogen-bond acceptors (Lipinski definition) is 5. The summed E-state index contributed by atoms with van der Waals surface area (Å²) in [5.74, 6) is 2.19. The molecule has 0 unspecified atom stereocenters. The topological polar surface area (TPSA) is 49.1 Å². The third-order valence-corrected chi connectivity index (χ3v) is 7.46. The van der Waals surface area contributed by atoms with Crippen molar-refractivity contribution in [2.75, 3.05) is 31.1 Å². The van der Waals surface area contributed by atoms with Gasteiger partial charge in [0, 0.05) is 38.3 Å². The van der Waals surface area contributed by atoms with Gasteiger partial charge in [0.05, 0.1) is 4.91 Å². The van der Waals surface area contributed by atoms with Crippen LogP contribution in [0.5, 0.6) is 0 Å². The van der Waals surface area contributed by atoms with Gasteiger partial charge in [-0.2, -0.15) is 4.99 Å². The second-order valence-corrected chi connectivity index (χ2v) is 9.66. The Balaban J connectivity index is 1.17. The van der Waals surface area contributed by atoms with Crippen LogP contribution in [0.2, 0.25) is 0 Å². The molecular formula is C25H29N3O2S. The molecule has 162 valence electrons. The summed E-state index contributed by atoms with van der Waals surface area (Å²) >= 11 is 1.48. The predicted molar refractivity (Wildman–Crippen MR) is 127 cm³/mol. The van der Waals surface area contributed by atoms with Crippen molar-refractivity contribution in [1.82, 2.24) is 4.90 Å². The van der Waals surface area contributed by atoms with Crippen molar-refractivity contribution in [2.24, 2.45) is 10.9 Å². The lowest BCUT2D eigenvalue weighted by Gasteiger charge is -2.32. The van der Waals surface area contributed by atoms with E-state index in [1.54, 1.807) is 0 Å². The van der Waals surface area contributed by atoms with E-state index in [-0.39, 0.29) is 5.91 Å². The Bertz CT molecular complexity index is 968. The van der Waals surface area contributed by atoms with Crippen molar-refractivity contribution in [1.29, 1.82) is 0 Å². The molecule has 2 aromatic rings. The Labute approximate surface area is 188 Å². The van der Waals surface area contributed by atoms with E-state index < -0.39 is 0 Å². The zero-order valence-corrected chi connectivity index (χ0v) is 18.7. The fraction of sp³-hybridized carbons (Fsp3) is 0.440. The molecule has 0 radical (unpaired) electrons. The van der Waals surface area contributed by atoms with Gasteiger partial charge in [0.2, 0.25) is 0 Å². The molecule has 0 bridgehead atoms. The SMILES string of the molecule is O=C1N=C(N2CCC(Cc3ccccc3)CC2)S/C1=C\c1ccc(N2CCCCC2)o1. The zero-order chi connectivity index (χ0) is 21.0. The number of likely N-dealkylation sites (tertiary alicyclic amines) is 1. The predicted octanol–water partition coefficient (Wildman–Crippen LogP) is 5.19. The second-order valence-electron chi connectivity index (χ2n) is 8.65. The lowest BCUT2D eigenvalue weighted by molar-refractivity contribution is -0.113. The number of carbonyl (C=O) groups excluding carboxylic acids is 1. The number of amidine groups is 1. The van der Waals surface area contributed by atoms with Gasteiger partial charge in [-0.05, 0) is 67.8 Å². The summed E-state index contributed by atoms with van der Waals surface area (Å²) < 4.78 is 6.00.